The lowest BCUT2D eigenvalue weighted by atomic mass is 9.99. The third-order valence-electron chi connectivity index (χ3n) is 4.92. The Balaban J connectivity index is 1.72. The van der Waals surface area contributed by atoms with Gasteiger partial charge in [-0.2, -0.15) is 0 Å². The molecule has 1 aromatic carbocycles. The highest BCUT2D eigenvalue weighted by molar-refractivity contribution is 5.28. The number of phenolic OH excluding ortho intramolecular Hbond substituents is 1. The lowest BCUT2D eigenvalue weighted by molar-refractivity contribution is 0.152. The van der Waals surface area contributed by atoms with Crippen molar-refractivity contribution in [3.05, 3.63) is 29.8 Å². The van der Waals surface area contributed by atoms with E-state index in [-0.39, 0.29) is 0 Å². The number of aromatic hydroxyl groups is 1. The van der Waals surface area contributed by atoms with E-state index < -0.39 is 0 Å². The van der Waals surface area contributed by atoms with Gasteiger partial charge in [0.2, 0.25) is 0 Å². The topological polar surface area (TPSA) is 35.5 Å². The van der Waals surface area contributed by atoms with Crippen LogP contribution in [0.25, 0.3) is 0 Å². The number of nitrogens with zero attached hydrogens (tertiary/aromatic N) is 1. The Morgan fingerprint density at radius 1 is 1.19 bits per heavy atom. The van der Waals surface area contributed by atoms with Crippen LogP contribution in [0.2, 0.25) is 0 Å². The summed E-state index contributed by atoms with van der Waals surface area (Å²) in [6.45, 7) is 4.63. The van der Waals surface area contributed by atoms with Crippen LogP contribution in [-0.4, -0.2) is 35.2 Å². The van der Waals surface area contributed by atoms with Crippen molar-refractivity contribution in [2.45, 2.75) is 63.6 Å². The lowest BCUT2D eigenvalue weighted by Gasteiger charge is -2.36. The van der Waals surface area contributed by atoms with E-state index in [1.165, 1.54) is 50.8 Å². The predicted octanol–water partition coefficient (Wildman–Crippen LogP) is 3.45. The Morgan fingerprint density at radius 3 is 2.52 bits per heavy atom. The van der Waals surface area contributed by atoms with Crippen LogP contribution >= 0.6 is 0 Å². The molecule has 2 aliphatic rings. The molecule has 3 heteroatoms. The van der Waals surface area contributed by atoms with Gasteiger partial charge in [-0.25, -0.2) is 0 Å². The van der Waals surface area contributed by atoms with Gasteiger partial charge in [-0.3, -0.25) is 4.90 Å². The zero-order chi connectivity index (χ0) is 14.7. The molecule has 0 radical (unpaired) electrons. The highest BCUT2D eigenvalue weighted by Gasteiger charge is 2.35. The smallest absolute Gasteiger partial charge is 0.115 e. The number of phenols is 1. The predicted molar refractivity (Wildman–Crippen MR) is 86.5 cm³/mol. The second-order valence-electron chi connectivity index (χ2n) is 6.59. The Labute approximate surface area is 128 Å². The molecule has 1 heterocycles. The minimum absolute atomic E-state index is 0.362. The molecule has 1 saturated carbocycles. The average Bonchev–Trinajstić information content (AvgIpc) is 3.34. The summed E-state index contributed by atoms with van der Waals surface area (Å²) in [5, 5.41) is 13.2. The monoisotopic (exact) mass is 288 g/mol. The SMILES string of the molecule is CCC(c1ccc(O)cc1)N(CC1CCCCN1)C1CC1. The van der Waals surface area contributed by atoms with Gasteiger partial charge < -0.3 is 10.4 Å². The van der Waals surface area contributed by atoms with Gasteiger partial charge in [0.1, 0.15) is 5.75 Å². The molecule has 1 aromatic rings. The van der Waals surface area contributed by atoms with Crippen molar-refractivity contribution in [2.24, 2.45) is 0 Å². The highest BCUT2D eigenvalue weighted by atomic mass is 16.3. The maximum Gasteiger partial charge on any atom is 0.115 e. The molecule has 21 heavy (non-hydrogen) atoms. The van der Waals surface area contributed by atoms with Gasteiger partial charge in [0.15, 0.2) is 0 Å². The molecule has 2 unspecified atom stereocenters. The molecular formula is C18H28N2O. The number of benzene rings is 1. The summed E-state index contributed by atoms with van der Waals surface area (Å²) in [6.07, 6.45) is 7.84. The summed E-state index contributed by atoms with van der Waals surface area (Å²) < 4.78 is 0. The van der Waals surface area contributed by atoms with E-state index in [9.17, 15) is 5.11 Å². The van der Waals surface area contributed by atoms with Gasteiger partial charge in [-0.05, 0) is 56.3 Å². The molecule has 0 amide bonds. The fourth-order valence-corrected chi connectivity index (χ4v) is 3.63. The fraction of sp³-hybridized carbons (Fsp3) is 0.667. The van der Waals surface area contributed by atoms with Crippen molar-refractivity contribution in [3.63, 3.8) is 0 Å². The van der Waals surface area contributed by atoms with E-state index in [0.717, 1.165) is 12.5 Å². The Bertz CT molecular complexity index is 435. The number of rotatable bonds is 6. The molecule has 2 atom stereocenters. The molecule has 1 aliphatic carbocycles. The molecule has 0 spiro atoms. The highest BCUT2D eigenvalue weighted by Crippen LogP contribution is 2.37. The third-order valence-corrected chi connectivity index (χ3v) is 4.92. The normalized spacial score (nSPS) is 24.2. The van der Waals surface area contributed by atoms with Crippen molar-refractivity contribution in [1.82, 2.24) is 10.2 Å². The van der Waals surface area contributed by atoms with E-state index >= 15 is 0 Å². The van der Waals surface area contributed by atoms with Gasteiger partial charge in [-0.15, -0.1) is 0 Å². The van der Waals surface area contributed by atoms with Crippen LogP contribution in [0.4, 0.5) is 0 Å². The summed E-state index contributed by atoms with van der Waals surface area (Å²) >= 11 is 0. The van der Waals surface area contributed by atoms with E-state index in [4.69, 9.17) is 0 Å². The Morgan fingerprint density at radius 2 is 1.95 bits per heavy atom. The molecule has 3 nitrogen and oxygen atoms in total. The molecule has 2 N–H and O–H groups in total. The second kappa shape index (κ2) is 6.80. The number of hydrogen-bond acceptors (Lipinski definition) is 3. The van der Waals surface area contributed by atoms with Crippen molar-refractivity contribution >= 4 is 0 Å². The van der Waals surface area contributed by atoms with Crippen LogP contribution in [0.15, 0.2) is 24.3 Å². The Kier molecular flexibility index (Phi) is 4.81. The van der Waals surface area contributed by atoms with Crippen molar-refractivity contribution in [3.8, 4) is 5.75 Å². The van der Waals surface area contributed by atoms with Gasteiger partial charge in [0.05, 0.1) is 0 Å². The zero-order valence-corrected chi connectivity index (χ0v) is 13.1. The van der Waals surface area contributed by atoms with Crippen LogP contribution in [0, 0.1) is 0 Å². The van der Waals surface area contributed by atoms with E-state index in [1.807, 2.05) is 12.1 Å². The summed E-state index contributed by atoms with van der Waals surface area (Å²) in [5.41, 5.74) is 1.35. The Hall–Kier alpha value is -1.06. The first kappa shape index (κ1) is 14.9. The number of hydrogen-bond donors (Lipinski definition) is 2. The number of piperidine rings is 1. The van der Waals surface area contributed by atoms with Crippen LogP contribution in [0.3, 0.4) is 0 Å². The third kappa shape index (κ3) is 3.78. The first-order valence-electron chi connectivity index (χ1n) is 8.56. The van der Waals surface area contributed by atoms with E-state index in [0.29, 0.717) is 17.8 Å². The number of nitrogens with one attached hydrogen (secondary N) is 1. The molecule has 116 valence electrons. The maximum absolute atomic E-state index is 9.51. The van der Waals surface area contributed by atoms with E-state index in [2.05, 4.69) is 29.3 Å². The van der Waals surface area contributed by atoms with Crippen LogP contribution < -0.4 is 5.32 Å². The van der Waals surface area contributed by atoms with Crippen LogP contribution in [-0.2, 0) is 0 Å². The van der Waals surface area contributed by atoms with Gasteiger partial charge in [-0.1, -0.05) is 25.5 Å². The van der Waals surface area contributed by atoms with Gasteiger partial charge in [0, 0.05) is 24.7 Å². The van der Waals surface area contributed by atoms with E-state index in [1.54, 1.807) is 0 Å². The second-order valence-corrected chi connectivity index (χ2v) is 6.59. The zero-order valence-electron chi connectivity index (χ0n) is 13.1. The maximum atomic E-state index is 9.51. The molecular weight excluding hydrogens is 260 g/mol. The minimum Gasteiger partial charge on any atom is -0.508 e. The molecule has 2 fully saturated rings. The summed E-state index contributed by atoms with van der Waals surface area (Å²) in [6, 6.07) is 9.74. The minimum atomic E-state index is 0.362. The molecule has 0 bridgehead atoms. The quantitative estimate of drug-likeness (QED) is 0.841. The largest absolute Gasteiger partial charge is 0.508 e. The van der Waals surface area contributed by atoms with Crippen LogP contribution in [0.5, 0.6) is 5.75 Å². The molecule has 3 rings (SSSR count). The molecule has 1 saturated heterocycles. The summed E-state index contributed by atoms with van der Waals surface area (Å²) in [5.74, 6) is 0.362. The molecule has 1 aliphatic heterocycles. The lowest BCUT2D eigenvalue weighted by Crippen LogP contribution is -2.45. The fourth-order valence-electron chi connectivity index (χ4n) is 3.63. The van der Waals surface area contributed by atoms with Gasteiger partial charge >= 0.3 is 0 Å². The van der Waals surface area contributed by atoms with Gasteiger partial charge in [0.25, 0.3) is 0 Å². The van der Waals surface area contributed by atoms with Crippen LogP contribution in [0.1, 0.15) is 57.1 Å². The van der Waals surface area contributed by atoms with Crippen molar-refractivity contribution in [1.29, 1.82) is 0 Å². The van der Waals surface area contributed by atoms with Crippen molar-refractivity contribution in [2.75, 3.05) is 13.1 Å². The van der Waals surface area contributed by atoms with Crippen molar-refractivity contribution < 1.29 is 5.11 Å². The first-order chi connectivity index (χ1) is 10.3. The summed E-state index contributed by atoms with van der Waals surface area (Å²) in [4.78, 5) is 2.72. The first-order valence-corrected chi connectivity index (χ1v) is 8.56. The standard InChI is InChI=1S/C18H28N2O/c1-2-18(14-6-10-17(21)11-7-14)20(16-8-9-16)13-15-5-3-4-12-19-15/h6-7,10-11,15-16,18-19,21H,2-5,8-9,12-13H2,1H3. The average molecular weight is 288 g/mol. The summed E-state index contributed by atoms with van der Waals surface area (Å²) in [7, 11) is 0. The molecule has 0 aromatic heterocycles.